The molecule has 0 bridgehead atoms. The summed E-state index contributed by atoms with van der Waals surface area (Å²) in [6.07, 6.45) is 0. The van der Waals surface area contributed by atoms with Crippen molar-refractivity contribution in [3.8, 4) is 22.9 Å². The largest absolute Gasteiger partial charge is 0.497 e. The van der Waals surface area contributed by atoms with E-state index in [9.17, 15) is 9.18 Å². The molecule has 0 atom stereocenters. The summed E-state index contributed by atoms with van der Waals surface area (Å²) in [6.45, 7) is 1.83. The van der Waals surface area contributed by atoms with E-state index in [1.165, 1.54) is 23.9 Å². The van der Waals surface area contributed by atoms with Crippen LogP contribution in [-0.4, -0.2) is 35.8 Å². The zero-order valence-corrected chi connectivity index (χ0v) is 17.0. The summed E-state index contributed by atoms with van der Waals surface area (Å²) >= 11 is 1.28. The minimum absolute atomic E-state index is 0.151. The third kappa shape index (κ3) is 5.68. The number of benzene rings is 2. The zero-order chi connectivity index (χ0) is 20.8. The number of nitrogens with one attached hydrogen (secondary N) is 1. The summed E-state index contributed by atoms with van der Waals surface area (Å²) in [7, 11) is 3.09. The maximum atomic E-state index is 13.5. The normalized spacial score (nSPS) is 10.5. The molecule has 1 heterocycles. The fourth-order valence-corrected chi connectivity index (χ4v) is 3.34. The summed E-state index contributed by atoms with van der Waals surface area (Å²) in [5.41, 5.74) is 1.90. The van der Waals surface area contributed by atoms with E-state index in [4.69, 9.17) is 9.47 Å². The van der Waals surface area contributed by atoms with Gasteiger partial charge in [0.1, 0.15) is 22.3 Å². The number of aryl methyl sites for hydroxylation is 1. The second-order valence-electron chi connectivity index (χ2n) is 6.12. The van der Waals surface area contributed by atoms with Gasteiger partial charge in [0.05, 0.1) is 20.0 Å². The van der Waals surface area contributed by atoms with E-state index in [-0.39, 0.29) is 17.5 Å². The monoisotopic (exact) mass is 413 g/mol. The number of carbonyl (C=O) groups excluding carboxylic acids is 1. The van der Waals surface area contributed by atoms with Gasteiger partial charge in [-0.05, 0) is 25.1 Å². The van der Waals surface area contributed by atoms with Crippen molar-refractivity contribution in [1.82, 2.24) is 9.97 Å². The standard InChI is InChI=1S/C21H20FN3O3S/c1-13-7-20(25-21(23-13)14-5-4-6-15(22)8-14)29-12-19(26)24-16-9-17(27-2)11-18(10-16)28-3/h4-11H,12H2,1-3H3,(H,24,26). The SMILES string of the molecule is COc1cc(NC(=O)CSc2cc(C)nc(-c3cccc(F)c3)n2)cc(OC)c1. The Morgan fingerprint density at radius 2 is 1.79 bits per heavy atom. The molecule has 1 amide bonds. The van der Waals surface area contributed by atoms with Crippen LogP contribution >= 0.6 is 11.8 Å². The molecule has 0 spiro atoms. The number of anilines is 1. The molecule has 8 heteroatoms. The fourth-order valence-electron chi connectivity index (χ4n) is 2.59. The maximum absolute atomic E-state index is 13.5. The molecule has 0 aliphatic carbocycles. The molecular weight excluding hydrogens is 393 g/mol. The lowest BCUT2D eigenvalue weighted by molar-refractivity contribution is -0.113. The lowest BCUT2D eigenvalue weighted by Crippen LogP contribution is -2.14. The van der Waals surface area contributed by atoms with Gasteiger partial charge in [-0.25, -0.2) is 14.4 Å². The average Bonchev–Trinajstić information content (AvgIpc) is 2.71. The Morgan fingerprint density at radius 1 is 1.07 bits per heavy atom. The number of thioether (sulfide) groups is 1. The Hall–Kier alpha value is -3.13. The van der Waals surface area contributed by atoms with Crippen LogP contribution in [-0.2, 0) is 4.79 Å². The summed E-state index contributed by atoms with van der Waals surface area (Å²) in [5.74, 6) is 1.18. The van der Waals surface area contributed by atoms with Crippen molar-refractivity contribution in [1.29, 1.82) is 0 Å². The molecule has 1 N–H and O–H groups in total. The Morgan fingerprint density at radius 3 is 2.45 bits per heavy atom. The predicted molar refractivity (Wildman–Crippen MR) is 111 cm³/mol. The molecule has 0 radical (unpaired) electrons. The Bertz CT molecular complexity index is 1010. The highest BCUT2D eigenvalue weighted by Crippen LogP contribution is 2.26. The molecule has 6 nitrogen and oxygen atoms in total. The second kappa shape index (κ2) is 9.38. The van der Waals surface area contributed by atoms with E-state index in [1.807, 2.05) is 6.92 Å². The number of carbonyl (C=O) groups is 1. The van der Waals surface area contributed by atoms with Crippen molar-refractivity contribution in [2.24, 2.45) is 0 Å². The number of hydrogen-bond donors (Lipinski definition) is 1. The van der Waals surface area contributed by atoms with Gasteiger partial charge in [0.2, 0.25) is 5.91 Å². The van der Waals surface area contributed by atoms with E-state index in [0.29, 0.717) is 33.6 Å². The Balaban J connectivity index is 1.69. The van der Waals surface area contributed by atoms with Crippen LogP contribution in [0.2, 0.25) is 0 Å². The molecule has 29 heavy (non-hydrogen) atoms. The van der Waals surface area contributed by atoms with Gasteiger partial charge >= 0.3 is 0 Å². The number of aromatic nitrogens is 2. The molecule has 0 fully saturated rings. The molecule has 0 saturated heterocycles. The van der Waals surface area contributed by atoms with Crippen LogP contribution < -0.4 is 14.8 Å². The second-order valence-corrected chi connectivity index (χ2v) is 7.12. The van der Waals surface area contributed by atoms with Gasteiger partial charge in [-0.3, -0.25) is 4.79 Å². The van der Waals surface area contributed by atoms with Crippen molar-refractivity contribution in [2.75, 3.05) is 25.3 Å². The third-order valence-corrected chi connectivity index (χ3v) is 4.81. The molecular formula is C21H20FN3O3S. The lowest BCUT2D eigenvalue weighted by Gasteiger charge is -2.10. The Labute approximate surface area is 172 Å². The summed E-state index contributed by atoms with van der Waals surface area (Å²) in [5, 5.41) is 3.45. The first-order chi connectivity index (χ1) is 14.0. The van der Waals surface area contributed by atoms with Crippen molar-refractivity contribution in [3.63, 3.8) is 0 Å². The number of rotatable bonds is 7. The van der Waals surface area contributed by atoms with Gasteiger partial charge in [0.15, 0.2) is 5.82 Å². The van der Waals surface area contributed by atoms with Crippen molar-refractivity contribution in [3.05, 3.63) is 60.0 Å². The first-order valence-electron chi connectivity index (χ1n) is 8.74. The van der Waals surface area contributed by atoms with E-state index < -0.39 is 0 Å². The summed E-state index contributed by atoms with van der Waals surface area (Å²) in [6, 6.07) is 13.0. The van der Waals surface area contributed by atoms with Gasteiger partial charge in [0.25, 0.3) is 0 Å². The molecule has 3 aromatic rings. The van der Waals surface area contributed by atoms with E-state index in [2.05, 4.69) is 15.3 Å². The molecule has 3 rings (SSSR count). The molecule has 0 aliphatic heterocycles. The average molecular weight is 413 g/mol. The number of hydrogen-bond acceptors (Lipinski definition) is 6. The molecule has 150 valence electrons. The topological polar surface area (TPSA) is 73.3 Å². The van der Waals surface area contributed by atoms with Crippen molar-refractivity contribution in [2.45, 2.75) is 11.9 Å². The van der Waals surface area contributed by atoms with Gasteiger partial charge in [-0.2, -0.15) is 0 Å². The first kappa shape index (κ1) is 20.6. The van der Waals surface area contributed by atoms with Gasteiger partial charge in [0, 0.05) is 35.1 Å². The molecule has 1 aromatic heterocycles. The van der Waals surface area contributed by atoms with E-state index >= 15 is 0 Å². The smallest absolute Gasteiger partial charge is 0.234 e. The first-order valence-corrected chi connectivity index (χ1v) is 9.72. The van der Waals surface area contributed by atoms with Crippen LogP contribution in [0.15, 0.2) is 53.6 Å². The summed E-state index contributed by atoms with van der Waals surface area (Å²) in [4.78, 5) is 21.2. The predicted octanol–water partition coefficient (Wildman–Crippen LogP) is 4.34. The molecule has 0 unspecified atom stereocenters. The number of nitrogens with zero attached hydrogens (tertiary/aromatic N) is 2. The quantitative estimate of drug-likeness (QED) is 0.459. The molecule has 2 aromatic carbocycles. The number of ether oxygens (including phenoxy) is 2. The summed E-state index contributed by atoms with van der Waals surface area (Å²) < 4.78 is 23.9. The Kier molecular flexibility index (Phi) is 6.66. The maximum Gasteiger partial charge on any atom is 0.234 e. The number of halogens is 1. The van der Waals surface area contributed by atoms with Crippen LogP contribution in [0.4, 0.5) is 10.1 Å². The number of methoxy groups -OCH3 is 2. The fraction of sp³-hybridized carbons (Fsp3) is 0.190. The van der Waals surface area contributed by atoms with Gasteiger partial charge in [-0.15, -0.1) is 0 Å². The van der Waals surface area contributed by atoms with Gasteiger partial charge in [-0.1, -0.05) is 23.9 Å². The minimum Gasteiger partial charge on any atom is -0.497 e. The number of amides is 1. The highest BCUT2D eigenvalue weighted by molar-refractivity contribution is 7.99. The zero-order valence-electron chi connectivity index (χ0n) is 16.2. The highest BCUT2D eigenvalue weighted by atomic mass is 32.2. The van der Waals surface area contributed by atoms with E-state index in [1.54, 1.807) is 50.6 Å². The molecule has 0 saturated carbocycles. The van der Waals surface area contributed by atoms with Crippen molar-refractivity contribution >= 4 is 23.4 Å². The van der Waals surface area contributed by atoms with Crippen LogP contribution in [0.1, 0.15) is 5.69 Å². The van der Waals surface area contributed by atoms with E-state index in [0.717, 1.165) is 5.69 Å². The van der Waals surface area contributed by atoms with Crippen LogP contribution in [0.5, 0.6) is 11.5 Å². The highest BCUT2D eigenvalue weighted by Gasteiger charge is 2.10. The van der Waals surface area contributed by atoms with Gasteiger partial charge < -0.3 is 14.8 Å². The van der Waals surface area contributed by atoms with Crippen molar-refractivity contribution < 1.29 is 18.7 Å². The molecule has 0 aliphatic rings. The minimum atomic E-state index is -0.352. The lowest BCUT2D eigenvalue weighted by atomic mass is 10.2. The van der Waals surface area contributed by atoms with Crippen LogP contribution in [0.3, 0.4) is 0 Å². The van der Waals surface area contributed by atoms with Crippen LogP contribution in [0.25, 0.3) is 11.4 Å². The van der Waals surface area contributed by atoms with Crippen LogP contribution in [0, 0.1) is 12.7 Å². The third-order valence-electron chi connectivity index (χ3n) is 3.90.